The average molecular weight is 329 g/mol. The van der Waals surface area contributed by atoms with Gasteiger partial charge in [0.1, 0.15) is 12.4 Å². The normalized spacial score (nSPS) is 18.5. The lowest BCUT2D eigenvalue weighted by atomic mass is 10.1. The second kappa shape index (κ2) is 7.92. The van der Waals surface area contributed by atoms with Gasteiger partial charge in [-0.2, -0.15) is 0 Å². The number of rotatable bonds is 8. The molecule has 1 aliphatic rings. The fourth-order valence-corrected chi connectivity index (χ4v) is 3.44. The van der Waals surface area contributed by atoms with E-state index in [1.165, 1.54) is 0 Å². The fourth-order valence-electron chi connectivity index (χ4n) is 2.24. The molecule has 0 saturated carbocycles. The zero-order valence-corrected chi connectivity index (χ0v) is 13.8. The van der Waals surface area contributed by atoms with Crippen LogP contribution in [0.25, 0.3) is 0 Å². The van der Waals surface area contributed by atoms with E-state index in [2.05, 4.69) is 4.72 Å². The number of benzene rings is 1. The van der Waals surface area contributed by atoms with Gasteiger partial charge >= 0.3 is 0 Å². The third-order valence-electron chi connectivity index (χ3n) is 3.59. The quantitative estimate of drug-likeness (QED) is 0.729. The largest absolute Gasteiger partial charge is 0.491 e. The molecule has 1 atom stereocenters. The summed E-state index contributed by atoms with van der Waals surface area (Å²) in [6, 6.07) is 4.86. The van der Waals surface area contributed by atoms with E-state index in [1.54, 1.807) is 25.3 Å². The Bertz CT molecular complexity index is 582. The maximum Gasteiger partial charge on any atom is 0.240 e. The smallest absolute Gasteiger partial charge is 0.240 e. The van der Waals surface area contributed by atoms with Gasteiger partial charge in [0.2, 0.25) is 10.0 Å². The Balaban J connectivity index is 1.99. The summed E-state index contributed by atoms with van der Waals surface area (Å²) in [5, 5.41) is 0. The molecule has 1 aromatic carbocycles. The lowest BCUT2D eigenvalue weighted by Crippen LogP contribution is -2.29. The van der Waals surface area contributed by atoms with Crippen molar-refractivity contribution in [3.63, 3.8) is 0 Å². The minimum atomic E-state index is -3.50. The molecule has 1 saturated heterocycles. The molecule has 1 N–H and O–H groups in total. The minimum Gasteiger partial charge on any atom is -0.491 e. The molecule has 1 heterocycles. The van der Waals surface area contributed by atoms with Gasteiger partial charge in [0.15, 0.2) is 0 Å². The van der Waals surface area contributed by atoms with E-state index >= 15 is 0 Å². The Kier molecular flexibility index (Phi) is 6.19. The monoisotopic (exact) mass is 329 g/mol. The standard InChI is InChI=1S/C15H23NO5S/c1-12-9-14(3-4-15(12)21-8-7-19-2)22(17,18)16-10-13-5-6-20-11-13/h3-4,9,13,16H,5-8,10-11H2,1-2H3. The number of nitrogens with one attached hydrogen (secondary N) is 1. The molecule has 0 amide bonds. The van der Waals surface area contributed by atoms with Gasteiger partial charge in [0.05, 0.1) is 18.1 Å². The first kappa shape index (κ1) is 17.2. The van der Waals surface area contributed by atoms with Crippen molar-refractivity contribution in [1.29, 1.82) is 0 Å². The highest BCUT2D eigenvalue weighted by Gasteiger charge is 2.20. The topological polar surface area (TPSA) is 73.9 Å². The fraction of sp³-hybridized carbons (Fsp3) is 0.600. The molecule has 0 bridgehead atoms. The van der Waals surface area contributed by atoms with Crippen LogP contribution >= 0.6 is 0 Å². The van der Waals surface area contributed by atoms with Crippen molar-refractivity contribution in [2.45, 2.75) is 18.2 Å². The number of sulfonamides is 1. The number of hydrogen-bond acceptors (Lipinski definition) is 5. The first-order chi connectivity index (χ1) is 10.5. The second-order valence-corrected chi connectivity index (χ2v) is 7.12. The van der Waals surface area contributed by atoms with Crippen LogP contribution in [0.15, 0.2) is 23.1 Å². The van der Waals surface area contributed by atoms with E-state index in [4.69, 9.17) is 14.2 Å². The molecule has 0 radical (unpaired) electrons. The summed E-state index contributed by atoms with van der Waals surface area (Å²) < 4.78 is 42.9. The van der Waals surface area contributed by atoms with Crippen LogP contribution in [0.3, 0.4) is 0 Å². The van der Waals surface area contributed by atoms with Crippen LogP contribution in [0.1, 0.15) is 12.0 Å². The zero-order valence-electron chi connectivity index (χ0n) is 13.0. The Morgan fingerprint density at radius 3 is 2.82 bits per heavy atom. The maximum atomic E-state index is 12.3. The summed E-state index contributed by atoms with van der Waals surface area (Å²) in [4.78, 5) is 0.253. The third kappa shape index (κ3) is 4.67. The molecule has 6 nitrogen and oxygen atoms in total. The average Bonchev–Trinajstić information content (AvgIpc) is 3.00. The summed E-state index contributed by atoms with van der Waals surface area (Å²) in [6.07, 6.45) is 0.897. The predicted octanol–water partition coefficient (Wildman–Crippen LogP) is 1.34. The molecule has 1 fully saturated rings. The molecule has 22 heavy (non-hydrogen) atoms. The van der Waals surface area contributed by atoms with E-state index in [0.29, 0.717) is 38.7 Å². The van der Waals surface area contributed by atoms with Crippen molar-refractivity contribution in [1.82, 2.24) is 4.72 Å². The van der Waals surface area contributed by atoms with E-state index in [9.17, 15) is 8.42 Å². The molecular formula is C15H23NO5S. The van der Waals surface area contributed by atoms with Crippen LogP contribution in [0.4, 0.5) is 0 Å². The van der Waals surface area contributed by atoms with Crippen LogP contribution in [0.2, 0.25) is 0 Å². The van der Waals surface area contributed by atoms with Crippen LogP contribution < -0.4 is 9.46 Å². The molecule has 0 aromatic heterocycles. The van der Waals surface area contributed by atoms with Gasteiger partial charge in [-0.25, -0.2) is 13.1 Å². The van der Waals surface area contributed by atoms with Gasteiger partial charge in [0, 0.05) is 20.3 Å². The molecule has 2 rings (SSSR count). The van der Waals surface area contributed by atoms with Gasteiger partial charge in [-0.15, -0.1) is 0 Å². The molecule has 1 unspecified atom stereocenters. The van der Waals surface area contributed by atoms with E-state index < -0.39 is 10.0 Å². The van der Waals surface area contributed by atoms with Crippen LogP contribution in [0.5, 0.6) is 5.75 Å². The Labute approximate surface area is 131 Å². The number of ether oxygens (including phenoxy) is 3. The van der Waals surface area contributed by atoms with Crippen molar-refractivity contribution in [2.75, 3.05) is 40.1 Å². The predicted molar refractivity (Wildman–Crippen MR) is 82.7 cm³/mol. The van der Waals surface area contributed by atoms with Crippen LogP contribution in [-0.4, -0.2) is 48.5 Å². The number of aryl methyl sites for hydroxylation is 1. The summed E-state index contributed by atoms with van der Waals surface area (Å²) in [7, 11) is -1.89. The molecule has 1 aliphatic heterocycles. The van der Waals surface area contributed by atoms with Gasteiger partial charge in [-0.3, -0.25) is 0 Å². The lowest BCUT2D eigenvalue weighted by molar-refractivity contribution is 0.146. The third-order valence-corrected chi connectivity index (χ3v) is 5.01. The summed E-state index contributed by atoms with van der Waals surface area (Å²) in [5.74, 6) is 0.924. The van der Waals surface area contributed by atoms with Crippen LogP contribution in [0, 0.1) is 12.8 Å². The molecule has 1 aromatic rings. The minimum absolute atomic E-state index is 0.253. The maximum absolute atomic E-state index is 12.3. The zero-order chi connectivity index (χ0) is 16.0. The number of hydrogen-bond donors (Lipinski definition) is 1. The summed E-state index contributed by atoms with van der Waals surface area (Å²) in [5.41, 5.74) is 0.781. The molecule has 0 aliphatic carbocycles. The van der Waals surface area contributed by atoms with Gasteiger partial charge < -0.3 is 14.2 Å². The van der Waals surface area contributed by atoms with Gasteiger partial charge in [-0.1, -0.05) is 0 Å². The van der Waals surface area contributed by atoms with Crippen LogP contribution in [-0.2, 0) is 19.5 Å². The van der Waals surface area contributed by atoms with Crippen molar-refractivity contribution in [2.24, 2.45) is 5.92 Å². The Hall–Kier alpha value is -1.15. The van der Waals surface area contributed by atoms with E-state index in [1.807, 2.05) is 6.92 Å². The molecular weight excluding hydrogens is 306 g/mol. The SMILES string of the molecule is COCCOc1ccc(S(=O)(=O)NCC2CCOC2)cc1C. The van der Waals surface area contributed by atoms with Crippen molar-refractivity contribution in [3.05, 3.63) is 23.8 Å². The van der Waals surface area contributed by atoms with Crippen molar-refractivity contribution < 1.29 is 22.6 Å². The molecule has 7 heteroatoms. The summed E-state index contributed by atoms with van der Waals surface area (Å²) in [6.45, 7) is 4.49. The Morgan fingerprint density at radius 1 is 1.36 bits per heavy atom. The second-order valence-electron chi connectivity index (χ2n) is 5.35. The first-order valence-electron chi connectivity index (χ1n) is 7.32. The number of methoxy groups -OCH3 is 1. The highest BCUT2D eigenvalue weighted by atomic mass is 32.2. The summed E-state index contributed by atoms with van der Waals surface area (Å²) >= 11 is 0. The highest BCUT2D eigenvalue weighted by Crippen LogP contribution is 2.22. The molecule has 0 spiro atoms. The van der Waals surface area contributed by atoms with Crippen molar-refractivity contribution >= 4 is 10.0 Å². The molecule has 124 valence electrons. The van der Waals surface area contributed by atoms with Crippen molar-refractivity contribution in [3.8, 4) is 5.75 Å². The lowest BCUT2D eigenvalue weighted by Gasteiger charge is -2.13. The van der Waals surface area contributed by atoms with Gasteiger partial charge in [0.25, 0.3) is 0 Å². The van der Waals surface area contributed by atoms with Gasteiger partial charge in [-0.05, 0) is 43.0 Å². The highest BCUT2D eigenvalue weighted by molar-refractivity contribution is 7.89. The van der Waals surface area contributed by atoms with E-state index in [-0.39, 0.29) is 10.8 Å². The van der Waals surface area contributed by atoms with E-state index in [0.717, 1.165) is 12.0 Å². The first-order valence-corrected chi connectivity index (χ1v) is 8.81. The Morgan fingerprint density at radius 2 is 2.18 bits per heavy atom.